The molecule has 30 heavy (non-hydrogen) atoms. The number of rotatable bonds is 4. The van der Waals surface area contributed by atoms with Crippen LogP contribution in [0.25, 0.3) is 10.8 Å². The highest BCUT2D eigenvalue weighted by atomic mass is 35.5. The number of morpholine rings is 1. The highest BCUT2D eigenvalue weighted by Gasteiger charge is 2.26. The predicted octanol–water partition coefficient (Wildman–Crippen LogP) is 2.98. The summed E-state index contributed by atoms with van der Waals surface area (Å²) in [6, 6.07) is 14.3. The van der Waals surface area contributed by atoms with E-state index in [-0.39, 0.29) is 30.1 Å². The summed E-state index contributed by atoms with van der Waals surface area (Å²) < 4.78 is 5.83. The zero-order valence-electron chi connectivity index (χ0n) is 16.8. The number of aromatic nitrogens is 2. The van der Waals surface area contributed by atoms with Crippen molar-refractivity contribution >= 4 is 34.1 Å². The molecule has 0 bridgehead atoms. The number of fused-ring (bicyclic) bond motifs is 1. The number of carbonyl (C=O) groups excluding carboxylic acids is 1. The maximum atomic E-state index is 12.9. The number of hydrogen-bond donors (Lipinski definition) is 1. The lowest BCUT2D eigenvalue weighted by molar-refractivity contribution is -0.116. The van der Waals surface area contributed by atoms with Crippen molar-refractivity contribution in [3.05, 3.63) is 69.5 Å². The fourth-order valence-corrected chi connectivity index (χ4v) is 3.90. The monoisotopic (exact) mass is 426 g/mol. The molecule has 1 fully saturated rings. The Kier molecular flexibility index (Phi) is 5.74. The average Bonchev–Trinajstić information content (AvgIpc) is 2.71. The summed E-state index contributed by atoms with van der Waals surface area (Å²) in [5, 5.41) is 6.37. The first-order valence-electron chi connectivity index (χ1n) is 9.87. The number of hydrogen-bond acceptors (Lipinski definition) is 5. The van der Waals surface area contributed by atoms with Gasteiger partial charge in [-0.15, -0.1) is 9.89 Å². The number of carbonyl (C=O) groups is 1. The molecule has 0 saturated carbocycles. The molecule has 1 amide bonds. The van der Waals surface area contributed by atoms with Crippen LogP contribution in [-0.2, 0) is 16.0 Å². The zero-order chi connectivity index (χ0) is 21.3. The molecule has 1 aromatic heterocycles. The van der Waals surface area contributed by atoms with Crippen LogP contribution in [-0.4, -0.2) is 41.1 Å². The molecule has 1 aliphatic rings. The lowest BCUT2D eigenvalue weighted by atomic mass is 10.1. The van der Waals surface area contributed by atoms with Crippen molar-refractivity contribution in [1.29, 1.82) is 0 Å². The minimum atomic E-state index is -0.367. The molecule has 0 spiro atoms. The van der Waals surface area contributed by atoms with E-state index in [1.54, 1.807) is 36.4 Å². The molecule has 0 radical (unpaired) electrons. The van der Waals surface area contributed by atoms with Crippen LogP contribution in [0.1, 0.15) is 19.4 Å². The van der Waals surface area contributed by atoms with Gasteiger partial charge in [0.25, 0.3) is 5.56 Å². The first-order chi connectivity index (χ1) is 14.4. The fraction of sp³-hybridized carbons (Fsp3) is 0.318. The summed E-state index contributed by atoms with van der Waals surface area (Å²) in [5.41, 5.74) is 3.06. The fourth-order valence-electron chi connectivity index (χ4n) is 3.78. The first kappa shape index (κ1) is 20.4. The van der Waals surface area contributed by atoms with Gasteiger partial charge in [0.2, 0.25) is 5.91 Å². The average molecular weight is 427 g/mol. The predicted molar refractivity (Wildman–Crippen MR) is 118 cm³/mol. The molecule has 1 N–H and O–H groups in total. The SMILES string of the molecule is CC1CN(c2nn(NC(=O)Cc3ccc(Cl)cc3)c(=O)c3ccccc23)CC(C)O1. The second-order valence-corrected chi connectivity index (χ2v) is 8.02. The lowest BCUT2D eigenvalue weighted by Gasteiger charge is -2.36. The molecule has 2 aromatic carbocycles. The molecule has 7 nitrogen and oxygen atoms in total. The summed E-state index contributed by atoms with van der Waals surface area (Å²) in [5.74, 6) is 0.316. The minimum absolute atomic E-state index is 0.0363. The molecule has 2 heterocycles. The van der Waals surface area contributed by atoms with E-state index in [4.69, 9.17) is 16.3 Å². The van der Waals surface area contributed by atoms with Crippen LogP contribution in [0.5, 0.6) is 0 Å². The molecule has 8 heteroatoms. The maximum absolute atomic E-state index is 12.9. The van der Waals surface area contributed by atoms with E-state index < -0.39 is 0 Å². The van der Waals surface area contributed by atoms with Gasteiger partial charge in [0, 0.05) is 23.5 Å². The van der Waals surface area contributed by atoms with Crippen molar-refractivity contribution in [3.63, 3.8) is 0 Å². The van der Waals surface area contributed by atoms with Crippen LogP contribution in [0, 0.1) is 0 Å². The third-order valence-electron chi connectivity index (χ3n) is 5.01. The molecule has 1 saturated heterocycles. The number of nitrogens with zero attached hydrogens (tertiary/aromatic N) is 3. The van der Waals surface area contributed by atoms with Gasteiger partial charge in [0.15, 0.2) is 5.82 Å². The van der Waals surface area contributed by atoms with Gasteiger partial charge < -0.3 is 9.64 Å². The van der Waals surface area contributed by atoms with E-state index in [2.05, 4.69) is 15.4 Å². The van der Waals surface area contributed by atoms with E-state index >= 15 is 0 Å². The second-order valence-electron chi connectivity index (χ2n) is 7.59. The van der Waals surface area contributed by atoms with Gasteiger partial charge in [-0.05, 0) is 37.6 Å². The Labute approximate surface area is 179 Å². The third-order valence-corrected chi connectivity index (χ3v) is 5.27. The van der Waals surface area contributed by atoms with Crippen molar-refractivity contribution in [1.82, 2.24) is 9.89 Å². The second kappa shape index (κ2) is 8.45. The number of halogens is 1. The van der Waals surface area contributed by atoms with Crippen molar-refractivity contribution in [2.24, 2.45) is 0 Å². The van der Waals surface area contributed by atoms with E-state index in [0.29, 0.717) is 29.3 Å². The number of benzene rings is 2. The van der Waals surface area contributed by atoms with Crippen molar-refractivity contribution < 1.29 is 9.53 Å². The van der Waals surface area contributed by atoms with E-state index in [1.165, 1.54) is 0 Å². The summed E-state index contributed by atoms with van der Waals surface area (Å²) in [4.78, 5) is 28.7. The molecule has 2 atom stereocenters. The number of nitrogens with one attached hydrogen (secondary N) is 1. The Bertz CT molecular complexity index is 1120. The Morgan fingerprint density at radius 2 is 1.73 bits per heavy atom. The lowest BCUT2D eigenvalue weighted by Crippen LogP contribution is -2.47. The largest absolute Gasteiger partial charge is 0.372 e. The molecule has 2 unspecified atom stereocenters. The summed E-state index contributed by atoms with van der Waals surface area (Å²) >= 11 is 5.90. The topological polar surface area (TPSA) is 76.5 Å². The van der Waals surface area contributed by atoms with E-state index in [0.717, 1.165) is 15.7 Å². The minimum Gasteiger partial charge on any atom is -0.372 e. The smallest absolute Gasteiger partial charge is 0.294 e. The summed E-state index contributed by atoms with van der Waals surface area (Å²) in [7, 11) is 0. The highest BCUT2D eigenvalue weighted by Crippen LogP contribution is 2.25. The molecule has 1 aliphatic heterocycles. The maximum Gasteiger partial charge on any atom is 0.294 e. The van der Waals surface area contributed by atoms with Crippen LogP contribution in [0.2, 0.25) is 5.02 Å². The number of amides is 1. The van der Waals surface area contributed by atoms with Gasteiger partial charge in [0.05, 0.1) is 24.0 Å². The van der Waals surface area contributed by atoms with Crippen LogP contribution in [0.4, 0.5) is 5.82 Å². The summed E-state index contributed by atoms with van der Waals surface area (Å²) in [6.07, 6.45) is 0.183. The molecule has 156 valence electrons. The van der Waals surface area contributed by atoms with Crippen LogP contribution >= 0.6 is 11.6 Å². The molecule has 4 rings (SSSR count). The normalized spacial score (nSPS) is 19.1. The van der Waals surface area contributed by atoms with Crippen molar-refractivity contribution in [2.45, 2.75) is 32.5 Å². The highest BCUT2D eigenvalue weighted by molar-refractivity contribution is 6.30. The Morgan fingerprint density at radius 3 is 2.40 bits per heavy atom. The number of anilines is 1. The van der Waals surface area contributed by atoms with Crippen molar-refractivity contribution in [3.8, 4) is 0 Å². The van der Waals surface area contributed by atoms with E-state index in [1.807, 2.05) is 26.0 Å². The molecule has 0 aliphatic carbocycles. The Morgan fingerprint density at radius 1 is 1.10 bits per heavy atom. The molecular weight excluding hydrogens is 404 g/mol. The van der Waals surface area contributed by atoms with Gasteiger partial charge in [-0.1, -0.05) is 41.9 Å². The quantitative estimate of drug-likeness (QED) is 0.694. The van der Waals surface area contributed by atoms with Crippen LogP contribution in [0.15, 0.2) is 53.3 Å². The molecule has 3 aromatic rings. The third kappa shape index (κ3) is 4.32. The van der Waals surface area contributed by atoms with Gasteiger partial charge in [-0.25, -0.2) is 5.43 Å². The standard InChI is InChI=1S/C22H23ClN4O3/c1-14-12-26(13-15(2)30-14)21-18-5-3-4-6-19(18)22(29)27(25-21)24-20(28)11-16-7-9-17(23)10-8-16/h3-10,14-15H,11-13H2,1-2H3,(H,24,28). The first-order valence-corrected chi connectivity index (χ1v) is 10.3. The van der Waals surface area contributed by atoms with Gasteiger partial charge in [-0.3, -0.25) is 9.59 Å². The zero-order valence-corrected chi connectivity index (χ0v) is 17.6. The molecular formula is C22H23ClN4O3. The number of ether oxygens (including phenoxy) is 1. The Hall–Kier alpha value is -2.90. The van der Waals surface area contributed by atoms with Gasteiger partial charge in [0.1, 0.15) is 0 Å². The Balaban J connectivity index is 1.68. The van der Waals surface area contributed by atoms with E-state index in [9.17, 15) is 9.59 Å². The van der Waals surface area contributed by atoms with Crippen LogP contribution < -0.4 is 15.9 Å². The van der Waals surface area contributed by atoms with Gasteiger partial charge >= 0.3 is 0 Å². The van der Waals surface area contributed by atoms with Gasteiger partial charge in [-0.2, -0.15) is 0 Å². The summed E-state index contributed by atoms with van der Waals surface area (Å²) in [6.45, 7) is 5.32. The van der Waals surface area contributed by atoms with Crippen LogP contribution in [0.3, 0.4) is 0 Å². The van der Waals surface area contributed by atoms with Crippen molar-refractivity contribution in [2.75, 3.05) is 23.4 Å².